The zero-order valence-corrected chi connectivity index (χ0v) is 15.1. The molecule has 0 atom stereocenters. The van der Waals surface area contributed by atoms with E-state index >= 15 is 0 Å². The maximum absolute atomic E-state index is 6.08. The molecular formula is C18H18ClN3OS. The number of hydrogen-bond donors (Lipinski definition) is 0. The minimum Gasteiger partial charge on any atom is -0.491 e. The maximum atomic E-state index is 6.08. The molecule has 0 radical (unpaired) electrons. The summed E-state index contributed by atoms with van der Waals surface area (Å²) >= 11 is 7.69. The van der Waals surface area contributed by atoms with Gasteiger partial charge in [0.25, 0.3) is 0 Å². The highest BCUT2D eigenvalue weighted by Crippen LogP contribution is 2.29. The Hall–Kier alpha value is -1.98. The molecule has 2 aromatic carbocycles. The first-order valence-corrected chi connectivity index (χ1v) is 9.03. The summed E-state index contributed by atoms with van der Waals surface area (Å²) in [6.45, 7) is 4.05. The van der Waals surface area contributed by atoms with Gasteiger partial charge in [-0.1, -0.05) is 47.6 Å². The quantitative estimate of drug-likeness (QED) is 0.580. The Bertz CT molecular complexity index is 819. The van der Waals surface area contributed by atoms with E-state index < -0.39 is 0 Å². The molecule has 0 aliphatic rings. The monoisotopic (exact) mass is 359 g/mol. The van der Waals surface area contributed by atoms with Gasteiger partial charge in [-0.25, -0.2) is 0 Å². The van der Waals surface area contributed by atoms with Crippen LogP contribution in [0.4, 0.5) is 0 Å². The van der Waals surface area contributed by atoms with Crippen molar-refractivity contribution in [3.8, 4) is 11.4 Å². The van der Waals surface area contributed by atoms with E-state index in [0.29, 0.717) is 5.02 Å². The minimum absolute atomic E-state index is 0.145. The third-order valence-corrected chi connectivity index (χ3v) is 4.52. The van der Waals surface area contributed by atoms with Crippen molar-refractivity contribution in [1.82, 2.24) is 14.8 Å². The van der Waals surface area contributed by atoms with E-state index in [1.807, 2.05) is 60.9 Å². The number of rotatable bonds is 6. The van der Waals surface area contributed by atoms with E-state index in [1.165, 1.54) is 0 Å². The van der Waals surface area contributed by atoms with Gasteiger partial charge in [0.05, 0.1) is 11.8 Å². The molecular weight excluding hydrogens is 342 g/mol. The number of benzene rings is 2. The number of halogens is 1. The normalized spacial score (nSPS) is 11.0. The Morgan fingerprint density at radius 1 is 1.17 bits per heavy atom. The first kappa shape index (κ1) is 16.9. The molecule has 1 heterocycles. The summed E-state index contributed by atoms with van der Waals surface area (Å²) in [5, 5.41) is 9.75. The van der Waals surface area contributed by atoms with Gasteiger partial charge < -0.3 is 4.74 Å². The summed E-state index contributed by atoms with van der Waals surface area (Å²) in [7, 11) is 0. The standard InChI is InChI=1S/C18H18ClN3OS/c1-13(2)23-17-9-4-3-6-14(17)11-24-18-21-20-12-22(18)16-8-5-7-15(19)10-16/h3-10,12-13H,11H2,1-2H3. The van der Waals surface area contributed by atoms with Gasteiger partial charge in [0.1, 0.15) is 12.1 Å². The summed E-state index contributed by atoms with van der Waals surface area (Å²) in [5.74, 6) is 1.66. The van der Waals surface area contributed by atoms with Crippen LogP contribution in [-0.4, -0.2) is 20.9 Å². The molecule has 0 saturated heterocycles. The molecule has 0 unspecified atom stereocenters. The Balaban J connectivity index is 1.78. The Labute approximate surface area is 150 Å². The van der Waals surface area contributed by atoms with E-state index in [1.54, 1.807) is 18.1 Å². The third-order valence-electron chi connectivity index (χ3n) is 3.29. The molecule has 0 bridgehead atoms. The largest absolute Gasteiger partial charge is 0.491 e. The van der Waals surface area contributed by atoms with Crippen molar-refractivity contribution in [2.24, 2.45) is 0 Å². The van der Waals surface area contributed by atoms with Gasteiger partial charge in [0.15, 0.2) is 5.16 Å². The highest BCUT2D eigenvalue weighted by Gasteiger charge is 2.10. The van der Waals surface area contributed by atoms with Gasteiger partial charge in [-0.05, 0) is 38.1 Å². The van der Waals surface area contributed by atoms with Crippen molar-refractivity contribution in [2.75, 3.05) is 0 Å². The number of aromatic nitrogens is 3. The van der Waals surface area contributed by atoms with Crippen LogP contribution in [0.25, 0.3) is 5.69 Å². The van der Waals surface area contributed by atoms with Gasteiger partial charge in [-0.3, -0.25) is 4.57 Å². The fraction of sp³-hybridized carbons (Fsp3) is 0.222. The molecule has 0 fully saturated rings. The van der Waals surface area contributed by atoms with Crippen molar-refractivity contribution in [2.45, 2.75) is 30.9 Å². The maximum Gasteiger partial charge on any atom is 0.195 e. The number of ether oxygens (including phenoxy) is 1. The average Bonchev–Trinajstić information content (AvgIpc) is 3.02. The van der Waals surface area contributed by atoms with E-state index in [2.05, 4.69) is 16.3 Å². The lowest BCUT2D eigenvalue weighted by atomic mass is 10.2. The van der Waals surface area contributed by atoms with Gasteiger partial charge in [0, 0.05) is 16.3 Å². The van der Waals surface area contributed by atoms with Crippen LogP contribution in [0.5, 0.6) is 5.75 Å². The Morgan fingerprint density at radius 2 is 2.00 bits per heavy atom. The van der Waals surface area contributed by atoms with Crippen LogP contribution >= 0.6 is 23.4 Å². The first-order chi connectivity index (χ1) is 11.6. The number of thioether (sulfide) groups is 1. The molecule has 24 heavy (non-hydrogen) atoms. The summed E-state index contributed by atoms with van der Waals surface area (Å²) in [4.78, 5) is 0. The average molecular weight is 360 g/mol. The highest BCUT2D eigenvalue weighted by atomic mass is 35.5. The van der Waals surface area contributed by atoms with Crippen LogP contribution in [0.1, 0.15) is 19.4 Å². The van der Waals surface area contributed by atoms with Gasteiger partial charge in [-0.2, -0.15) is 0 Å². The smallest absolute Gasteiger partial charge is 0.195 e. The van der Waals surface area contributed by atoms with E-state index in [4.69, 9.17) is 16.3 Å². The SMILES string of the molecule is CC(C)Oc1ccccc1CSc1nncn1-c1cccc(Cl)c1. The Kier molecular flexibility index (Phi) is 5.43. The summed E-state index contributed by atoms with van der Waals surface area (Å²) in [6.07, 6.45) is 1.84. The van der Waals surface area contributed by atoms with Crippen molar-refractivity contribution >= 4 is 23.4 Å². The summed E-state index contributed by atoms with van der Waals surface area (Å²) < 4.78 is 7.81. The second kappa shape index (κ2) is 7.73. The predicted molar refractivity (Wildman–Crippen MR) is 98.1 cm³/mol. The van der Waals surface area contributed by atoms with Gasteiger partial charge in [0.2, 0.25) is 0 Å². The first-order valence-electron chi connectivity index (χ1n) is 7.67. The minimum atomic E-state index is 0.145. The molecule has 0 saturated carbocycles. The lowest BCUT2D eigenvalue weighted by Crippen LogP contribution is -2.07. The molecule has 6 heteroatoms. The molecule has 0 aliphatic carbocycles. The lowest BCUT2D eigenvalue weighted by Gasteiger charge is -2.14. The molecule has 1 aromatic heterocycles. The summed E-state index contributed by atoms with van der Waals surface area (Å²) in [6, 6.07) is 15.7. The van der Waals surface area contributed by atoms with Crippen LogP contribution in [0, 0.1) is 0 Å². The van der Waals surface area contributed by atoms with Crippen molar-refractivity contribution in [3.63, 3.8) is 0 Å². The second-order valence-corrected chi connectivity index (χ2v) is 6.91. The van der Waals surface area contributed by atoms with E-state index in [-0.39, 0.29) is 6.10 Å². The number of para-hydroxylation sites is 1. The van der Waals surface area contributed by atoms with Crippen LogP contribution in [0.2, 0.25) is 5.02 Å². The van der Waals surface area contributed by atoms with E-state index in [0.717, 1.165) is 27.9 Å². The van der Waals surface area contributed by atoms with Crippen LogP contribution in [0.15, 0.2) is 60.0 Å². The molecule has 4 nitrogen and oxygen atoms in total. The zero-order valence-electron chi connectivity index (χ0n) is 13.5. The molecule has 0 spiro atoms. The number of nitrogens with zero attached hydrogens (tertiary/aromatic N) is 3. The van der Waals surface area contributed by atoms with Gasteiger partial charge in [-0.15, -0.1) is 10.2 Å². The lowest BCUT2D eigenvalue weighted by molar-refractivity contribution is 0.240. The van der Waals surface area contributed by atoms with Gasteiger partial charge >= 0.3 is 0 Å². The molecule has 124 valence electrons. The van der Waals surface area contributed by atoms with Crippen molar-refractivity contribution in [3.05, 3.63) is 65.4 Å². The topological polar surface area (TPSA) is 39.9 Å². The molecule has 3 rings (SSSR count). The number of hydrogen-bond acceptors (Lipinski definition) is 4. The molecule has 0 aliphatic heterocycles. The van der Waals surface area contributed by atoms with Crippen LogP contribution in [0.3, 0.4) is 0 Å². The highest BCUT2D eigenvalue weighted by molar-refractivity contribution is 7.98. The predicted octanol–water partition coefficient (Wildman–Crippen LogP) is 5.00. The molecule has 3 aromatic rings. The third kappa shape index (κ3) is 4.10. The summed E-state index contributed by atoms with van der Waals surface area (Å²) in [5.41, 5.74) is 2.08. The molecule has 0 amide bonds. The zero-order chi connectivity index (χ0) is 16.9. The van der Waals surface area contributed by atoms with Crippen molar-refractivity contribution < 1.29 is 4.74 Å². The van der Waals surface area contributed by atoms with Crippen molar-refractivity contribution in [1.29, 1.82) is 0 Å². The van der Waals surface area contributed by atoms with Crippen LogP contribution in [-0.2, 0) is 5.75 Å². The van der Waals surface area contributed by atoms with Crippen LogP contribution < -0.4 is 4.74 Å². The Morgan fingerprint density at radius 3 is 2.79 bits per heavy atom. The van der Waals surface area contributed by atoms with E-state index in [9.17, 15) is 0 Å². The second-order valence-electron chi connectivity index (χ2n) is 5.53. The fourth-order valence-corrected chi connectivity index (χ4v) is 3.36. The fourth-order valence-electron chi connectivity index (χ4n) is 2.26. The molecule has 0 N–H and O–H groups in total.